The smallest absolute Gasteiger partial charge is 0.0543 e. The van der Waals surface area contributed by atoms with E-state index in [2.05, 4.69) is 218 Å². The monoisotopic (exact) mass is 675 g/mol. The van der Waals surface area contributed by atoms with Crippen molar-refractivity contribution >= 4 is 38.6 Å². The van der Waals surface area contributed by atoms with Gasteiger partial charge in [0.1, 0.15) is 0 Å². The Labute approximate surface area is 311 Å². The van der Waals surface area contributed by atoms with Crippen LogP contribution in [0.5, 0.6) is 0 Å². The third-order valence-corrected chi connectivity index (χ3v) is 11.3. The second kappa shape index (κ2) is 12.5. The third kappa shape index (κ3) is 5.08. The molecule has 1 nitrogen and oxygen atoms in total. The largest absolute Gasteiger partial charge is 0.309 e. The Balaban J connectivity index is 1.14. The third-order valence-electron chi connectivity index (χ3n) is 11.3. The molecular weight excluding hydrogens is 639 g/mol. The molecule has 250 valence electrons. The van der Waals surface area contributed by atoms with Gasteiger partial charge in [0.05, 0.1) is 11.4 Å². The van der Waals surface area contributed by atoms with E-state index in [9.17, 15) is 0 Å². The Bertz CT molecular complexity index is 2790. The maximum Gasteiger partial charge on any atom is 0.0543 e. The summed E-state index contributed by atoms with van der Waals surface area (Å²) in [7, 11) is 0. The van der Waals surface area contributed by atoms with Crippen molar-refractivity contribution < 1.29 is 0 Å². The number of anilines is 3. The van der Waals surface area contributed by atoms with Crippen LogP contribution in [-0.2, 0) is 5.41 Å². The summed E-state index contributed by atoms with van der Waals surface area (Å²) in [5.41, 5.74) is 14.5. The molecule has 0 aromatic heterocycles. The van der Waals surface area contributed by atoms with Crippen molar-refractivity contribution in [3.63, 3.8) is 0 Å². The van der Waals surface area contributed by atoms with E-state index >= 15 is 0 Å². The first-order valence-electron chi connectivity index (χ1n) is 18.4. The lowest BCUT2D eigenvalue weighted by Crippen LogP contribution is -2.22. The van der Waals surface area contributed by atoms with Crippen LogP contribution in [-0.4, -0.2) is 0 Å². The summed E-state index contributed by atoms with van der Waals surface area (Å²) >= 11 is 0. The highest BCUT2D eigenvalue weighted by atomic mass is 15.1. The minimum Gasteiger partial charge on any atom is -0.309 e. The van der Waals surface area contributed by atoms with E-state index in [1.807, 2.05) is 0 Å². The number of fused-ring (bicyclic) bond motifs is 5. The SMILES string of the molecule is CC1(c2ccccc2)c2ccccc2-c2c(N(c3cccc(-c4ccc(-c5ccc6ccccc6c5)cc4)c3)c3cccc4ccccc34)cccc21. The van der Waals surface area contributed by atoms with Gasteiger partial charge in [-0.2, -0.15) is 0 Å². The van der Waals surface area contributed by atoms with Crippen molar-refractivity contribution in [2.75, 3.05) is 4.90 Å². The summed E-state index contributed by atoms with van der Waals surface area (Å²) in [6, 6.07) is 75.6. The van der Waals surface area contributed by atoms with Gasteiger partial charge in [-0.1, -0.05) is 176 Å². The Morgan fingerprint density at radius 3 is 1.79 bits per heavy atom. The average Bonchev–Trinajstić information content (AvgIpc) is 3.50. The van der Waals surface area contributed by atoms with Gasteiger partial charge >= 0.3 is 0 Å². The van der Waals surface area contributed by atoms with E-state index in [-0.39, 0.29) is 5.41 Å². The molecule has 9 aromatic carbocycles. The maximum atomic E-state index is 2.49. The van der Waals surface area contributed by atoms with Gasteiger partial charge in [-0.15, -0.1) is 0 Å². The second-order valence-corrected chi connectivity index (χ2v) is 14.3. The molecule has 0 amide bonds. The van der Waals surface area contributed by atoms with Gasteiger partial charge in [-0.25, -0.2) is 0 Å². The zero-order valence-electron chi connectivity index (χ0n) is 29.6. The van der Waals surface area contributed by atoms with Crippen LogP contribution < -0.4 is 4.90 Å². The highest BCUT2D eigenvalue weighted by molar-refractivity contribution is 6.03. The van der Waals surface area contributed by atoms with Crippen molar-refractivity contribution in [3.8, 4) is 33.4 Å². The fourth-order valence-electron chi connectivity index (χ4n) is 8.65. The van der Waals surface area contributed by atoms with E-state index in [4.69, 9.17) is 0 Å². The molecule has 1 heteroatoms. The van der Waals surface area contributed by atoms with Gasteiger partial charge in [0, 0.05) is 22.1 Å². The first-order valence-corrected chi connectivity index (χ1v) is 18.4. The summed E-state index contributed by atoms with van der Waals surface area (Å²) < 4.78 is 0. The van der Waals surface area contributed by atoms with E-state index in [1.165, 1.54) is 77.3 Å². The number of benzene rings is 9. The fraction of sp³-hybridized carbons (Fsp3) is 0.0385. The van der Waals surface area contributed by atoms with Crippen molar-refractivity contribution in [2.24, 2.45) is 0 Å². The zero-order chi connectivity index (χ0) is 35.4. The molecule has 1 aliphatic rings. The molecule has 1 atom stereocenters. The first kappa shape index (κ1) is 31.1. The summed E-state index contributed by atoms with van der Waals surface area (Å²) in [5.74, 6) is 0. The lowest BCUT2D eigenvalue weighted by molar-refractivity contribution is 0.714. The van der Waals surface area contributed by atoms with Crippen LogP contribution in [0.1, 0.15) is 23.6 Å². The standard InChI is InChI=1S/C52H37N/c1-52(43-19-3-2-4-20-43)47-24-10-9-23-46(47)51-48(52)25-13-27-50(51)53(49-26-12-17-39-15-7-8-22-45(39)49)44-21-11-18-41(35-44)37-28-30-38(31-29-37)42-33-32-36-14-5-6-16-40(36)34-42/h2-35H,1H3. The predicted octanol–water partition coefficient (Wildman–Crippen LogP) is 14.1. The zero-order valence-corrected chi connectivity index (χ0v) is 29.6. The quantitative estimate of drug-likeness (QED) is 0.170. The van der Waals surface area contributed by atoms with E-state index in [0.717, 1.165) is 11.4 Å². The van der Waals surface area contributed by atoms with Crippen LogP contribution in [0, 0.1) is 0 Å². The first-order chi connectivity index (χ1) is 26.2. The van der Waals surface area contributed by atoms with Crippen LogP contribution in [0.25, 0.3) is 54.9 Å². The molecule has 0 saturated heterocycles. The van der Waals surface area contributed by atoms with Crippen LogP contribution >= 0.6 is 0 Å². The predicted molar refractivity (Wildman–Crippen MR) is 224 cm³/mol. The molecule has 0 fully saturated rings. The van der Waals surface area contributed by atoms with Gasteiger partial charge < -0.3 is 4.90 Å². The van der Waals surface area contributed by atoms with Crippen molar-refractivity contribution in [1.82, 2.24) is 0 Å². The molecule has 53 heavy (non-hydrogen) atoms. The summed E-state index contributed by atoms with van der Waals surface area (Å²) in [6.45, 7) is 2.39. The molecule has 9 aromatic rings. The minimum atomic E-state index is -0.289. The summed E-state index contributed by atoms with van der Waals surface area (Å²) in [4.78, 5) is 2.49. The minimum absolute atomic E-state index is 0.289. The van der Waals surface area contributed by atoms with Crippen molar-refractivity contribution in [2.45, 2.75) is 12.3 Å². The Kier molecular flexibility index (Phi) is 7.33. The maximum absolute atomic E-state index is 2.49. The molecule has 0 N–H and O–H groups in total. The normalized spacial score (nSPS) is 14.6. The van der Waals surface area contributed by atoms with Crippen LogP contribution in [0.4, 0.5) is 17.1 Å². The Hall–Kier alpha value is -6.70. The van der Waals surface area contributed by atoms with Crippen LogP contribution in [0.3, 0.4) is 0 Å². The molecule has 1 unspecified atom stereocenters. The highest BCUT2D eigenvalue weighted by Gasteiger charge is 2.42. The number of hydrogen-bond donors (Lipinski definition) is 0. The van der Waals surface area contributed by atoms with E-state index < -0.39 is 0 Å². The highest BCUT2D eigenvalue weighted by Crippen LogP contribution is 2.57. The molecule has 10 rings (SSSR count). The number of hydrogen-bond acceptors (Lipinski definition) is 1. The topological polar surface area (TPSA) is 3.24 Å². The van der Waals surface area contributed by atoms with Crippen LogP contribution in [0.15, 0.2) is 206 Å². The van der Waals surface area contributed by atoms with Crippen molar-refractivity contribution in [1.29, 1.82) is 0 Å². The molecule has 0 heterocycles. The van der Waals surface area contributed by atoms with Gasteiger partial charge in [0.25, 0.3) is 0 Å². The summed E-state index contributed by atoms with van der Waals surface area (Å²) in [6.07, 6.45) is 0. The van der Waals surface area contributed by atoms with E-state index in [1.54, 1.807) is 0 Å². The molecule has 0 bridgehead atoms. The Morgan fingerprint density at radius 1 is 0.377 bits per heavy atom. The number of nitrogens with zero attached hydrogens (tertiary/aromatic N) is 1. The van der Waals surface area contributed by atoms with Gasteiger partial charge in [-0.3, -0.25) is 0 Å². The lowest BCUT2D eigenvalue weighted by Gasteiger charge is -2.31. The number of rotatable bonds is 6. The van der Waals surface area contributed by atoms with Gasteiger partial charge in [0.2, 0.25) is 0 Å². The summed E-state index contributed by atoms with van der Waals surface area (Å²) in [5, 5.41) is 4.96. The fourth-order valence-corrected chi connectivity index (χ4v) is 8.65. The molecule has 0 radical (unpaired) electrons. The molecule has 0 aliphatic heterocycles. The Morgan fingerprint density at radius 2 is 0.962 bits per heavy atom. The van der Waals surface area contributed by atoms with Gasteiger partial charge in [0.15, 0.2) is 0 Å². The van der Waals surface area contributed by atoms with E-state index in [0.29, 0.717) is 0 Å². The average molecular weight is 676 g/mol. The molecule has 0 saturated carbocycles. The van der Waals surface area contributed by atoms with Gasteiger partial charge in [-0.05, 0) is 97.9 Å². The molecule has 1 aliphatic carbocycles. The van der Waals surface area contributed by atoms with Crippen LogP contribution in [0.2, 0.25) is 0 Å². The lowest BCUT2D eigenvalue weighted by atomic mass is 9.74. The second-order valence-electron chi connectivity index (χ2n) is 14.3. The molecular formula is C52H37N. The molecule has 0 spiro atoms. The van der Waals surface area contributed by atoms with Crippen molar-refractivity contribution in [3.05, 3.63) is 223 Å².